The summed E-state index contributed by atoms with van der Waals surface area (Å²) < 4.78 is 5.95. The topological polar surface area (TPSA) is 9.23 Å². The molecule has 0 aliphatic carbocycles. The van der Waals surface area contributed by atoms with Crippen LogP contribution in [0, 0.1) is 13.8 Å². The number of rotatable bonds is 6. The van der Waals surface area contributed by atoms with Crippen LogP contribution in [-0.4, -0.2) is 0 Å². The van der Waals surface area contributed by atoms with E-state index in [0.717, 1.165) is 12.2 Å². The molecule has 0 unspecified atom stereocenters. The lowest BCUT2D eigenvalue weighted by Crippen LogP contribution is -2.00. The zero-order valence-corrected chi connectivity index (χ0v) is 12.8. The van der Waals surface area contributed by atoms with Crippen molar-refractivity contribution in [2.24, 2.45) is 0 Å². The predicted molar refractivity (Wildman–Crippen MR) is 85.3 cm³/mol. The van der Waals surface area contributed by atoms with Crippen molar-refractivity contribution in [1.82, 2.24) is 0 Å². The maximum Gasteiger partial charge on any atom is 0.120 e. The number of ether oxygens (including phenoxy) is 1. The van der Waals surface area contributed by atoms with Crippen LogP contribution in [0.2, 0.25) is 0 Å². The average molecular weight is 268 g/mol. The van der Waals surface area contributed by atoms with E-state index in [2.05, 4.69) is 63.2 Å². The van der Waals surface area contributed by atoms with Crippen molar-refractivity contribution >= 4 is 0 Å². The molecule has 0 spiro atoms. The molecule has 0 aromatic heterocycles. The maximum absolute atomic E-state index is 5.95. The highest BCUT2D eigenvalue weighted by atomic mass is 16.5. The van der Waals surface area contributed by atoms with Crippen molar-refractivity contribution in [3.05, 3.63) is 64.7 Å². The molecule has 0 radical (unpaired) electrons. The zero-order chi connectivity index (χ0) is 14.4. The molecule has 2 rings (SSSR count). The van der Waals surface area contributed by atoms with E-state index in [4.69, 9.17) is 4.74 Å². The predicted octanol–water partition coefficient (Wildman–Crippen LogP) is 5.23. The Morgan fingerprint density at radius 3 is 2.35 bits per heavy atom. The maximum atomic E-state index is 5.95. The summed E-state index contributed by atoms with van der Waals surface area (Å²) in [5.74, 6) is 0.957. The van der Waals surface area contributed by atoms with Crippen molar-refractivity contribution in [2.75, 3.05) is 0 Å². The third-order valence-electron chi connectivity index (χ3n) is 3.79. The van der Waals surface area contributed by atoms with Gasteiger partial charge in [0.2, 0.25) is 0 Å². The molecule has 1 heteroatoms. The van der Waals surface area contributed by atoms with E-state index >= 15 is 0 Å². The fraction of sp³-hybridized carbons (Fsp3) is 0.368. The Bertz CT molecular complexity index is 557. The van der Waals surface area contributed by atoms with Gasteiger partial charge in [-0.25, -0.2) is 0 Å². The van der Waals surface area contributed by atoms with Crippen LogP contribution in [0.25, 0.3) is 0 Å². The van der Waals surface area contributed by atoms with E-state index in [1.54, 1.807) is 0 Å². The van der Waals surface area contributed by atoms with Crippen molar-refractivity contribution in [3.8, 4) is 5.75 Å². The monoisotopic (exact) mass is 268 g/mol. The van der Waals surface area contributed by atoms with Gasteiger partial charge in [-0.2, -0.15) is 0 Å². The smallest absolute Gasteiger partial charge is 0.120 e. The van der Waals surface area contributed by atoms with E-state index in [0.29, 0.717) is 6.61 Å². The number of hydrogen-bond acceptors (Lipinski definition) is 1. The molecule has 0 heterocycles. The minimum atomic E-state index is 0.655. The molecule has 0 bridgehead atoms. The van der Waals surface area contributed by atoms with Crippen LogP contribution in [-0.2, 0) is 13.0 Å². The summed E-state index contributed by atoms with van der Waals surface area (Å²) in [6.07, 6.45) is 3.61. The van der Waals surface area contributed by atoms with Crippen LogP contribution in [0.4, 0.5) is 0 Å². The normalized spacial score (nSPS) is 10.6. The van der Waals surface area contributed by atoms with Gasteiger partial charge in [-0.3, -0.25) is 0 Å². The third kappa shape index (κ3) is 3.86. The van der Waals surface area contributed by atoms with E-state index in [9.17, 15) is 0 Å². The molecule has 2 aromatic rings. The molecule has 0 amide bonds. The Hall–Kier alpha value is -1.76. The summed E-state index contributed by atoms with van der Waals surface area (Å²) in [6, 6.07) is 14.9. The molecule has 0 fully saturated rings. The van der Waals surface area contributed by atoms with Gasteiger partial charge in [0, 0.05) is 0 Å². The average Bonchev–Trinajstić information content (AvgIpc) is 2.47. The molecule has 0 atom stereocenters. The van der Waals surface area contributed by atoms with Gasteiger partial charge in [0.1, 0.15) is 12.4 Å². The molecular formula is C19H24O. The highest BCUT2D eigenvalue weighted by molar-refractivity contribution is 5.34. The molecule has 1 nitrogen and oxygen atoms in total. The largest absolute Gasteiger partial charge is 0.489 e. The highest BCUT2D eigenvalue weighted by Crippen LogP contribution is 2.19. The Morgan fingerprint density at radius 2 is 1.65 bits per heavy atom. The Morgan fingerprint density at radius 1 is 0.900 bits per heavy atom. The first-order valence-corrected chi connectivity index (χ1v) is 7.47. The minimum absolute atomic E-state index is 0.655. The molecular weight excluding hydrogens is 244 g/mol. The molecule has 0 aliphatic rings. The van der Waals surface area contributed by atoms with Crippen LogP contribution in [0.15, 0.2) is 42.5 Å². The molecule has 0 N–H and O–H groups in total. The van der Waals surface area contributed by atoms with Gasteiger partial charge in [0.05, 0.1) is 0 Å². The van der Waals surface area contributed by atoms with Crippen LogP contribution < -0.4 is 4.74 Å². The first-order valence-electron chi connectivity index (χ1n) is 7.47. The summed E-state index contributed by atoms with van der Waals surface area (Å²) in [5.41, 5.74) is 5.31. The summed E-state index contributed by atoms with van der Waals surface area (Å²) in [4.78, 5) is 0. The van der Waals surface area contributed by atoms with Gasteiger partial charge in [-0.05, 0) is 61.1 Å². The second kappa shape index (κ2) is 7.14. The van der Waals surface area contributed by atoms with E-state index in [1.807, 2.05) is 0 Å². The van der Waals surface area contributed by atoms with Gasteiger partial charge in [0.25, 0.3) is 0 Å². The van der Waals surface area contributed by atoms with Crippen LogP contribution >= 0.6 is 0 Å². The Labute approximate surface area is 122 Å². The molecule has 0 saturated carbocycles. The number of benzene rings is 2. The second-order valence-electron chi connectivity index (χ2n) is 5.41. The fourth-order valence-electron chi connectivity index (χ4n) is 2.27. The highest BCUT2D eigenvalue weighted by Gasteiger charge is 2.03. The lowest BCUT2D eigenvalue weighted by molar-refractivity contribution is 0.304. The van der Waals surface area contributed by atoms with Crippen molar-refractivity contribution in [2.45, 2.75) is 46.6 Å². The van der Waals surface area contributed by atoms with Crippen molar-refractivity contribution in [1.29, 1.82) is 0 Å². The SMILES string of the molecule is CCCCc1ccccc1COc1ccc(C)c(C)c1. The molecule has 0 saturated heterocycles. The summed E-state index contributed by atoms with van der Waals surface area (Å²) in [5, 5.41) is 0. The second-order valence-corrected chi connectivity index (χ2v) is 5.41. The summed E-state index contributed by atoms with van der Waals surface area (Å²) >= 11 is 0. The van der Waals surface area contributed by atoms with Crippen LogP contribution in [0.1, 0.15) is 42.0 Å². The lowest BCUT2D eigenvalue weighted by Gasteiger charge is -2.12. The molecule has 2 aromatic carbocycles. The number of hydrogen-bond donors (Lipinski definition) is 0. The molecule has 20 heavy (non-hydrogen) atoms. The molecule has 0 aliphatic heterocycles. The van der Waals surface area contributed by atoms with Gasteiger partial charge in [0.15, 0.2) is 0 Å². The van der Waals surface area contributed by atoms with Crippen LogP contribution in [0.5, 0.6) is 5.75 Å². The van der Waals surface area contributed by atoms with Gasteiger partial charge in [-0.1, -0.05) is 43.7 Å². The lowest BCUT2D eigenvalue weighted by atomic mass is 10.0. The molecule has 106 valence electrons. The summed E-state index contributed by atoms with van der Waals surface area (Å²) in [6.45, 7) is 7.13. The standard InChI is InChI=1S/C19H24O/c1-4-5-8-17-9-6-7-10-18(17)14-20-19-12-11-15(2)16(3)13-19/h6-7,9-13H,4-5,8,14H2,1-3H3. The van der Waals surface area contributed by atoms with Gasteiger partial charge < -0.3 is 4.74 Å². The zero-order valence-electron chi connectivity index (χ0n) is 12.8. The third-order valence-corrected chi connectivity index (χ3v) is 3.79. The van der Waals surface area contributed by atoms with Gasteiger partial charge in [-0.15, -0.1) is 0 Å². The minimum Gasteiger partial charge on any atom is -0.489 e. The fourth-order valence-corrected chi connectivity index (χ4v) is 2.27. The van der Waals surface area contributed by atoms with Crippen molar-refractivity contribution < 1.29 is 4.74 Å². The summed E-state index contributed by atoms with van der Waals surface area (Å²) in [7, 11) is 0. The first-order chi connectivity index (χ1) is 9.70. The number of aryl methyl sites for hydroxylation is 3. The quantitative estimate of drug-likeness (QED) is 0.697. The first kappa shape index (κ1) is 14.6. The van der Waals surface area contributed by atoms with E-state index in [1.165, 1.54) is 35.1 Å². The van der Waals surface area contributed by atoms with Gasteiger partial charge >= 0.3 is 0 Å². The van der Waals surface area contributed by atoms with E-state index in [-0.39, 0.29) is 0 Å². The van der Waals surface area contributed by atoms with E-state index < -0.39 is 0 Å². The van der Waals surface area contributed by atoms with Crippen LogP contribution in [0.3, 0.4) is 0 Å². The van der Waals surface area contributed by atoms with Crippen molar-refractivity contribution in [3.63, 3.8) is 0 Å². The Balaban J connectivity index is 2.04. The Kier molecular flexibility index (Phi) is 5.23. The number of unbranched alkanes of at least 4 members (excludes halogenated alkanes) is 1.